The quantitative estimate of drug-likeness (QED) is 0.647. The largest absolute Gasteiger partial charge is 0.355 e. The van der Waals surface area contributed by atoms with Crippen LogP contribution in [0.1, 0.15) is 26.7 Å². The smallest absolute Gasteiger partial charge is 0.220 e. The first-order valence-corrected chi connectivity index (χ1v) is 4.40. The number of hydrogen-bond donors (Lipinski definition) is 2. The van der Waals surface area contributed by atoms with E-state index >= 15 is 0 Å². The Kier molecular flexibility index (Phi) is 5.09. The first-order chi connectivity index (χ1) is 6.02. The van der Waals surface area contributed by atoms with Crippen LogP contribution in [0.3, 0.4) is 0 Å². The molecule has 0 atom stereocenters. The second kappa shape index (κ2) is 5.55. The highest BCUT2D eigenvalue weighted by Crippen LogP contribution is 2.10. The van der Waals surface area contributed by atoms with Gasteiger partial charge in [0.2, 0.25) is 5.91 Å². The predicted octanol–water partition coefficient (Wildman–Crippen LogP) is 0.391. The second-order valence-electron chi connectivity index (χ2n) is 3.66. The molecule has 4 heteroatoms. The van der Waals surface area contributed by atoms with Crippen molar-refractivity contribution in [2.45, 2.75) is 26.7 Å². The Bertz CT molecular complexity index is 205. The molecule has 13 heavy (non-hydrogen) atoms. The van der Waals surface area contributed by atoms with E-state index in [1.165, 1.54) is 0 Å². The SMILES string of the molecule is CC(C)(C#N)CNC(=O)CCCN. The number of carbonyl (C=O) groups is 1. The van der Waals surface area contributed by atoms with Crippen molar-refractivity contribution in [3.63, 3.8) is 0 Å². The number of nitrogens with one attached hydrogen (secondary N) is 1. The standard InChI is InChI=1S/C9H17N3O/c1-9(2,6-11)7-12-8(13)4-3-5-10/h3-5,7,10H2,1-2H3,(H,12,13). The number of nitrogens with two attached hydrogens (primary N) is 1. The van der Waals surface area contributed by atoms with Crippen LogP contribution >= 0.6 is 0 Å². The molecule has 0 aromatic carbocycles. The van der Waals surface area contributed by atoms with Gasteiger partial charge in [0.15, 0.2) is 0 Å². The van der Waals surface area contributed by atoms with Crippen LogP contribution in [0.5, 0.6) is 0 Å². The van der Waals surface area contributed by atoms with Gasteiger partial charge in [0, 0.05) is 13.0 Å². The molecule has 0 heterocycles. The van der Waals surface area contributed by atoms with Crippen LogP contribution in [0, 0.1) is 16.7 Å². The van der Waals surface area contributed by atoms with E-state index in [4.69, 9.17) is 11.0 Å². The van der Waals surface area contributed by atoms with Crippen LogP contribution in [0.15, 0.2) is 0 Å². The molecule has 0 unspecified atom stereocenters. The predicted molar refractivity (Wildman–Crippen MR) is 50.7 cm³/mol. The number of nitrogens with zero attached hydrogens (tertiary/aromatic N) is 1. The summed E-state index contributed by atoms with van der Waals surface area (Å²) in [6.45, 7) is 4.49. The lowest BCUT2D eigenvalue weighted by atomic mass is 9.96. The number of amides is 1. The summed E-state index contributed by atoms with van der Waals surface area (Å²) in [5, 5.41) is 11.4. The van der Waals surface area contributed by atoms with Crippen molar-refractivity contribution >= 4 is 5.91 Å². The van der Waals surface area contributed by atoms with Crippen molar-refractivity contribution < 1.29 is 4.79 Å². The topological polar surface area (TPSA) is 78.9 Å². The third kappa shape index (κ3) is 6.12. The normalized spacial score (nSPS) is 10.6. The van der Waals surface area contributed by atoms with Crippen molar-refractivity contribution in [1.29, 1.82) is 5.26 Å². The van der Waals surface area contributed by atoms with Crippen molar-refractivity contribution in [2.75, 3.05) is 13.1 Å². The maximum Gasteiger partial charge on any atom is 0.220 e. The first kappa shape index (κ1) is 11.9. The summed E-state index contributed by atoms with van der Waals surface area (Å²) in [5.41, 5.74) is 4.76. The average molecular weight is 183 g/mol. The second-order valence-corrected chi connectivity index (χ2v) is 3.66. The van der Waals surface area contributed by atoms with Gasteiger partial charge in [-0.1, -0.05) is 0 Å². The molecule has 0 fully saturated rings. The van der Waals surface area contributed by atoms with E-state index in [1.54, 1.807) is 13.8 Å². The van der Waals surface area contributed by atoms with Crippen molar-refractivity contribution in [3.05, 3.63) is 0 Å². The summed E-state index contributed by atoms with van der Waals surface area (Å²) in [7, 11) is 0. The average Bonchev–Trinajstić information content (AvgIpc) is 2.11. The van der Waals surface area contributed by atoms with Gasteiger partial charge in [-0.25, -0.2) is 0 Å². The molecule has 4 nitrogen and oxygen atoms in total. The highest BCUT2D eigenvalue weighted by Gasteiger charge is 2.16. The molecule has 0 aliphatic heterocycles. The Hall–Kier alpha value is -1.08. The number of carbonyl (C=O) groups excluding carboxylic acids is 1. The summed E-state index contributed by atoms with van der Waals surface area (Å²) in [5.74, 6) is -0.0335. The molecule has 0 saturated heterocycles. The Morgan fingerprint density at radius 1 is 1.62 bits per heavy atom. The van der Waals surface area contributed by atoms with Gasteiger partial charge in [-0.15, -0.1) is 0 Å². The summed E-state index contributed by atoms with van der Waals surface area (Å²) in [6, 6.07) is 2.11. The minimum atomic E-state index is -0.488. The molecule has 0 radical (unpaired) electrons. The molecule has 0 aliphatic rings. The Labute approximate surface area is 79.1 Å². The minimum Gasteiger partial charge on any atom is -0.355 e. The summed E-state index contributed by atoms with van der Waals surface area (Å²) in [6.07, 6.45) is 1.14. The monoisotopic (exact) mass is 183 g/mol. The van der Waals surface area contributed by atoms with Crippen LogP contribution in [0.2, 0.25) is 0 Å². The summed E-state index contributed by atoms with van der Waals surface area (Å²) in [4.78, 5) is 11.1. The van der Waals surface area contributed by atoms with E-state index in [0.717, 1.165) is 0 Å². The van der Waals surface area contributed by atoms with E-state index in [-0.39, 0.29) is 5.91 Å². The zero-order valence-corrected chi connectivity index (χ0v) is 8.26. The van der Waals surface area contributed by atoms with E-state index in [0.29, 0.717) is 25.9 Å². The van der Waals surface area contributed by atoms with Crippen LogP contribution in [0.25, 0.3) is 0 Å². The maximum atomic E-state index is 11.1. The molecule has 0 aliphatic carbocycles. The van der Waals surface area contributed by atoms with Gasteiger partial charge < -0.3 is 11.1 Å². The Morgan fingerprint density at radius 2 is 2.23 bits per heavy atom. The van der Waals surface area contributed by atoms with Crippen LogP contribution in [-0.4, -0.2) is 19.0 Å². The minimum absolute atomic E-state index is 0.0335. The molecular weight excluding hydrogens is 166 g/mol. The van der Waals surface area contributed by atoms with Crippen LogP contribution in [-0.2, 0) is 4.79 Å². The Morgan fingerprint density at radius 3 is 2.69 bits per heavy atom. The summed E-state index contributed by atoms with van der Waals surface area (Å²) >= 11 is 0. The van der Waals surface area contributed by atoms with Gasteiger partial charge in [-0.05, 0) is 26.8 Å². The zero-order chi connectivity index (χ0) is 10.3. The van der Waals surface area contributed by atoms with Gasteiger partial charge in [0.1, 0.15) is 0 Å². The van der Waals surface area contributed by atoms with E-state index in [9.17, 15) is 4.79 Å². The fourth-order valence-electron chi connectivity index (χ4n) is 0.710. The van der Waals surface area contributed by atoms with Crippen molar-refractivity contribution in [3.8, 4) is 6.07 Å². The molecule has 0 aromatic rings. The number of nitriles is 1. The fourth-order valence-corrected chi connectivity index (χ4v) is 0.710. The number of hydrogen-bond acceptors (Lipinski definition) is 3. The molecule has 74 valence electrons. The molecule has 1 amide bonds. The highest BCUT2D eigenvalue weighted by molar-refractivity contribution is 5.75. The first-order valence-electron chi connectivity index (χ1n) is 4.40. The lowest BCUT2D eigenvalue weighted by molar-refractivity contribution is -0.121. The lowest BCUT2D eigenvalue weighted by Crippen LogP contribution is -2.33. The van der Waals surface area contributed by atoms with Gasteiger partial charge in [0.25, 0.3) is 0 Å². The zero-order valence-electron chi connectivity index (χ0n) is 8.26. The molecule has 0 saturated carbocycles. The lowest BCUT2D eigenvalue weighted by Gasteiger charge is -2.15. The molecular formula is C9H17N3O. The van der Waals surface area contributed by atoms with Crippen molar-refractivity contribution in [1.82, 2.24) is 5.32 Å². The molecule has 0 spiro atoms. The summed E-state index contributed by atoms with van der Waals surface area (Å²) < 4.78 is 0. The number of rotatable bonds is 5. The van der Waals surface area contributed by atoms with Gasteiger partial charge >= 0.3 is 0 Å². The van der Waals surface area contributed by atoms with E-state index in [1.807, 2.05) is 0 Å². The van der Waals surface area contributed by atoms with Gasteiger partial charge in [-0.3, -0.25) is 4.79 Å². The maximum absolute atomic E-state index is 11.1. The van der Waals surface area contributed by atoms with E-state index < -0.39 is 5.41 Å². The fraction of sp³-hybridized carbons (Fsp3) is 0.778. The van der Waals surface area contributed by atoms with Crippen LogP contribution in [0.4, 0.5) is 0 Å². The van der Waals surface area contributed by atoms with Gasteiger partial charge in [0.05, 0.1) is 11.5 Å². The van der Waals surface area contributed by atoms with Crippen LogP contribution < -0.4 is 11.1 Å². The van der Waals surface area contributed by atoms with Gasteiger partial charge in [-0.2, -0.15) is 5.26 Å². The molecule has 0 aromatic heterocycles. The van der Waals surface area contributed by atoms with E-state index in [2.05, 4.69) is 11.4 Å². The third-order valence-corrected chi connectivity index (χ3v) is 1.64. The molecule has 0 bridgehead atoms. The molecule has 3 N–H and O–H groups in total. The highest BCUT2D eigenvalue weighted by atomic mass is 16.1. The molecule has 0 rings (SSSR count). The Balaban J connectivity index is 3.65. The third-order valence-electron chi connectivity index (χ3n) is 1.64. The van der Waals surface area contributed by atoms with Crippen molar-refractivity contribution in [2.24, 2.45) is 11.1 Å².